The molecule has 1 N–H and O–H groups in total. The van der Waals surface area contributed by atoms with E-state index >= 15 is 0 Å². The maximum absolute atomic E-state index is 3.48. The molecule has 2 heteroatoms. The molecule has 17 heavy (non-hydrogen) atoms. The van der Waals surface area contributed by atoms with Crippen LogP contribution in [0.25, 0.3) is 0 Å². The van der Waals surface area contributed by atoms with Crippen LogP contribution in [0, 0.1) is 11.8 Å². The van der Waals surface area contributed by atoms with Gasteiger partial charge in [-0.1, -0.05) is 39.8 Å². The van der Waals surface area contributed by atoms with E-state index in [1.807, 2.05) is 11.8 Å². The third-order valence-corrected chi connectivity index (χ3v) is 3.78. The van der Waals surface area contributed by atoms with E-state index in [0.29, 0.717) is 5.92 Å². The van der Waals surface area contributed by atoms with Crippen molar-refractivity contribution >= 4 is 11.8 Å². The molecular formula is C15H25NS. The van der Waals surface area contributed by atoms with Crippen molar-refractivity contribution in [3.63, 3.8) is 0 Å². The lowest BCUT2D eigenvalue weighted by Crippen LogP contribution is -2.18. The predicted molar refractivity (Wildman–Crippen MR) is 78.5 cm³/mol. The molecule has 0 unspecified atom stereocenters. The summed E-state index contributed by atoms with van der Waals surface area (Å²) in [5, 5.41) is 3.48. The van der Waals surface area contributed by atoms with E-state index < -0.39 is 0 Å². The Morgan fingerprint density at radius 3 is 2.53 bits per heavy atom. The second-order valence-electron chi connectivity index (χ2n) is 5.38. The van der Waals surface area contributed by atoms with Gasteiger partial charge in [0.25, 0.3) is 0 Å². The van der Waals surface area contributed by atoms with Gasteiger partial charge in [0.05, 0.1) is 0 Å². The maximum atomic E-state index is 3.48. The number of benzene rings is 1. The minimum Gasteiger partial charge on any atom is -0.312 e. The predicted octanol–water partition coefficient (Wildman–Crippen LogP) is 4.18. The number of thioether (sulfide) groups is 1. The smallest absolute Gasteiger partial charge is 0.0206 e. The van der Waals surface area contributed by atoms with Gasteiger partial charge in [0, 0.05) is 17.2 Å². The topological polar surface area (TPSA) is 12.0 Å². The van der Waals surface area contributed by atoms with Crippen LogP contribution in [0.15, 0.2) is 29.2 Å². The summed E-state index contributed by atoms with van der Waals surface area (Å²) < 4.78 is 0. The standard InChI is InChI=1S/C15H25NS/c1-12(2)9-16-10-14-6-5-7-15(8-14)17-11-13(3)4/h5-8,12-13,16H,9-11H2,1-4H3. The molecule has 96 valence electrons. The number of hydrogen-bond acceptors (Lipinski definition) is 2. The molecule has 0 heterocycles. The van der Waals surface area contributed by atoms with Crippen LogP contribution in [0.2, 0.25) is 0 Å². The molecule has 1 aromatic carbocycles. The van der Waals surface area contributed by atoms with Crippen LogP contribution in [0.3, 0.4) is 0 Å². The fourth-order valence-corrected chi connectivity index (χ4v) is 2.45. The second-order valence-corrected chi connectivity index (χ2v) is 6.47. The second kappa shape index (κ2) is 7.78. The minimum absolute atomic E-state index is 0.716. The van der Waals surface area contributed by atoms with Crippen molar-refractivity contribution in [3.8, 4) is 0 Å². The molecule has 0 saturated carbocycles. The highest BCUT2D eigenvalue weighted by Gasteiger charge is 2.00. The monoisotopic (exact) mass is 251 g/mol. The highest BCUT2D eigenvalue weighted by Crippen LogP contribution is 2.21. The van der Waals surface area contributed by atoms with Crippen LogP contribution in [0.5, 0.6) is 0 Å². The maximum Gasteiger partial charge on any atom is 0.0206 e. The van der Waals surface area contributed by atoms with Crippen molar-refractivity contribution in [3.05, 3.63) is 29.8 Å². The third-order valence-electron chi connectivity index (χ3n) is 2.36. The lowest BCUT2D eigenvalue weighted by Gasteiger charge is -2.09. The molecule has 0 aliphatic heterocycles. The Morgan fingerprint density at radius 1 is 1.12 bits per heavy atom. The largest absolute Gasteiger partial charge is 0.312 e. The molecule has 0 bridgehead atoms. The lowest BCUT2D eigenvalue weighted by atomic mass is 10.2. The summed E-state index contributed by atoms with van der Waals surface area (Å²) in [4.78, 5) is 1.39. The van der Waals surface area contributed by atoms with E-state index in [4.69, 9.17) is 0 Å². The van der Waals surface area contributed by atoms with Crippen molar-refractivity contribution in [2.45, 2.75) is 39.1 Å². The lowest BCUT2D eigenvalue weighted by molar-refractivity contribution is 0.552. The molecule has 0 aliphatic rings. The van der Waals surface area contributed by atoms with Gasteiger partial charge in [0.2, 0.25) is 0 Å². The van der Waals surface area contributed by atoms with Crippen molar-refractivity contribution in [2.24, 2.45) is 11.8 Å². The summed E-state index contributed by atoms with van der Waals surface area (Å²) in [6, 6.07) is 8.88. The molecular weight excluding hydrogens is 226 g/mol. The van der Waals surface area contributed by atoms with Gasteiger partial charge in [0.15, 0.2) is 0 Å². The summed E-state index contributed by atoms with van der Waals surface area (Å²) in [6.07, 6.45) is 0. The minimum atomic E-state index is 0.716. The van der Waals surface area contributed by atoms with E-state index in [1.54, 1.807) is 0 Å². The first kappa shape index (κ1) is 14.6. The normalized spacial score (nSPS) is 11.4. The number of nitrogens with one attached hydrogen (secondary N) is 1. The SMILES string of the molecule is CC(C)CNCc1cccc(SCC(C)C)c1. The Labute approximate surface area is 110 Å². The zero-order chi connectivity index (χ0) is 12.7. The van der Waals surface area contributed by atoms with Gasteiger partial charge in [-0.2, -0.15) is 0 Å². The van der Waals surface area contributed by atoms with Crippen LogP contribution >= 0.6 is 11.8 Å². The molecule has 1 aromatic rings. The Hall–Kier alpha value is -0.470. The van der Waals surface area contributed by atoms with Gasteiger partial charge in [-0.15, -0.1) is 11.8 Å². The first-order valence-electron chi connectivity index (χ1n) is 6.50. The summed E-state index contributed by atoms with van der Waals surface area (Å²) in [5.41, 5.74) is 1.39. The van der Waals surface area contributed by atoms with E-state index in [9.17, 15) is 0 Å². The van der Waals surface area contributed by atoms with E-state index in [2.05, 4.69) is 57.3 Å². The first-order valence-corrected chi connectivity index (χ1v) is 7.49. The average Bonchev–Trinajstić information content (AvgIpc) is 2.26. The fraction of sp³-hybridized carbons (Fsp3) is 0.600. The van der Waals surface area contributed by atoms with Gasteiger partial charge in [0.1, 0.15) is 0 Å². The van der Waals surface area contributed by atoms with Crippen molar-refractivity contribution in [1.29, 1.82) is 0 Å². The highest BCUT2D eigenvalue weighted by molar-refractivity contribution is 7.99. The van der Waals surface area contributed by atoms with Gasteiger partial charge < -0.3 is 5.32 Å². The Kier molecular flexibility index (Phi) is 6.68. The fourth-order valence-electron chi connectivity index (χ4n) is 1.51. The Morgan fingerprint density at radius 2 is 1.88 bits per heavy atom. The van der Waals surface area contributed by atoms with Crippen LogP contribution in [0.1, 0.15) is 33.3 Å². The van der Waals surface area contributed by atoms with Gasteiger partial charge in [-0.05, 0) is 36.1 Å². The highest BCUT2D eigenvalue weighted by atomic mass is 32.2. The first-order chi connectivity index (χ1) is 8.08. The van der Waals surface area contributed by atoms with Crippen LogP contribution < -0.4 is 5.32 Å². The third kappa shape index (κ3) is 6.75. The molecule has 0 atom stereocenters. The van der Waals surface area contributed by atoms with Crippen molar-refractivity contribution in [1.82, 2.24) is 5.32 Å². The number of hydrogen-bond donors (Lipinski definition) is 1. The molecule has 0 fully saturated rings. The molecule has 0 aliphatic carbocycles. The molecule has 0 amide bonds. The van der Waals surface area contributed by atoms with Crippen molar-refractivity contribution < 1.29 is 0 Å². The Balaban J connectivity index is 2.42. The van der Waals surface area contributed by atoms with Gasteiger partial charge in [-0.25, -0.2) is 0 Å². The molecule has 0 saturated heterocycles. The van der Waals surface area contributed by atoms with Gasteiger partial charge >= 0.3 is 0 Å². The van der Waals surface area contributed by atoms with Crippen LogP contribution in [-0.2, 0) is 6.54 Å². The molecule has 1 nitrogen and oxygen atoms in total. The summed E-state index contributed by atoms with van der Waals surface area (Å²) in [7, 11) is 0. The zero-order valence-corrected chi connectivity index (χ0v) is 12.3. The molecule has 1 rings (SSSR count). The van der Waals surface area contributed by atoms with Crippen LogP contribution in [0.4, 0.5) is 0 Å². The molecule has 0 aromatic heterocycles. The van der Waals surface area contributed by atoms with E-state index in [1.165, 1.54) is 16.2 Å². The van der Waals surface area contributed by atoms with Crippen molar-refractivity contribution in [2.75, 3.05) is 12.3 Å². The van der Waals surface area contributed by atoms with Crippen LogP contribution in [-0.4, -0.2) is 12.3 Å². The molecule has 0 radical (unpaired) electrons. The van der Waals surface area contributed by atoms with E-state index in [0.717, 1.165) is 19.0 Å². The Bertz CT molecular complexity index is 320. The average molecular weight is 251 g/mol. The number of rotatable bonds is 7. The van der Waals surface area contributed by atoms with Gasteiger partial charge in [-0.3, -0.25) is 0 Å². The quantitative estimate of drug-likeness (QED) is 0.730. The molecule has 0 spiro atoms. The van der Waals surface area contributed by atoms with E-state index in [-0.39, 0.29) is 0 Å². The summed E-state index contributed by atoms with van der Waals surface area (Å²) >= 11 is 1.95. The zero-order valence-electron chi connectivity index (χ0n) is 11.5. The summed E-state index contributed by atoms with van der Waals surface area (Å²) in [5.74, 6) is 2.67. The summed E-state index contributed by atoms with van der Waals surface area (Å²) in [6.45, 7) is 11.1.